The van der Waals surface area contributed by atoms with Crippen LogP contribution in [0.25, 0.3) is 0 Å². The Hall–Kier alpha value is -1.64. The van der Waals surface area contributed by atoms with E-state index in [0.717, 1.165) is 13.0 Å². The Kier molecular flexibility index (Phi) is 5.97. The summed E-state index contributed by atoms with van der Waals surface area (Å²) in [6.45, 7) is 1.19. The summed E-state index contributed by atoms with van der Waals surface area (Å²) >= 11 is 0. The van der Waals surface area contributed by atoms with Crippen LogP contribution in [0.15, 0.2) is 60.7 Å². The molecule has 112 valence electrons. The highest BCUT2D eigenvalue weighted by atomic mass is 16.3. The molecule has 2 rings (SSSR count). The van der Waals surface area contributed by atoms with Crippen molar-refractivity contribution in [3.05, 3.63) is 71.8 Å². The molecule has 0 saturated carbocycles. The summed E-state index contributed by atoms with van der Waals surface area (Å²) in [4.78, 5) is 2.20. The van der Waals surface area contributed by atoms with E-state index in [1.807, 2.05) is 24.3 Å². The second kappa shape index (κ2) is 7.96. The monoisotopic (exact) mass is 283 g/mol. The summed E-state index contributed by atoms with van der Waals surface area (Å²) in [6, 6.07) is 20.9. The minimum Gasteiger partial charge on any atom is -0.396 e. The molecule has 21 heavy (non-hydrogen) atoms. The molecule has 0 amide bonds. The Balaban J connectivity index is 2.28. The van der Waals surface area contributed by atoms with E-state index in [1.54, 1.807) is 0 Å². The van der Waals surface area contributed by atoms with E-state index in [0.29, 0.717) is 5.92 Å². The van der Waals surface area contributed by atoms with Gasteiger partial charge in [0.2, 0.25) is 0 Å². The van der Waals surface area contributed by atoms with E-state index in [1.165, 1.54) is 11.1 Å². The van der Waals surface area contributed by atoms with Crippen LogP contribution >= 0.6 is 0 Å². The van der Waals surface area contributed by atoms with Gasteiger partial charge in [0.1, 0.15) is 0 Å². The highest BCUT2D eigenvalue weighted by Gasteiger charge is 2.24. The molecule has 0 aliphatic heterocycles. The highest BCUT2D eigenvalue weighted by molar-refractivity contribution is 5.28. The molecule has 2 aromatic carbocycles. The molecule has 0 heterocycles. The number of rotatable bonds is 7. The molecule has 0 aliphatic rings. The van der Waals surface area contributed by atoms with Crippen LogP contribution in [0.4, 0.5) is 0 Å². The third-order valence-corrected chi connectivity index (χ3v) is 4.03. The van der Waals surface area contributed by atoms with Crippen molar-refractivity contribution >= 4 is 0 Å². The number of aliphatic hydroxyl groups is 1. The Morgan fingerprint density at radius 1 is 0.810 bits per heavy atom. The van der Waals surface area contributed by atoms with Crippen LogP contribution in [0, 0.1) is 0 Å². The smallest absolute Gasteiger partial charge is 0.0505 e. The van der Waals surface area contributed by atoms with E-state index in [2.05, 4.69) is 55.4 Å². The Morgan fingerprint density at radius 2 is 1.29 bits per heavy atom. The lowest BCUT2D eigenvalue weighted by Crippen LogP contribution is -2.21. The van der Waals surface area contributed by atoms with Crippen molar-refractivity contribution in [2.75, 3.05) is 27.2 Å². The number of nitrogens with zero attached hydrogens (tertiary/aromatic N) is 1. The molecule has 0 bridgehead atoms. The minimum atomic E-state index is 0.147. The molecule has 0 saturated heterocycles. The average molecular weight is 283 g/mol. The molecule has 2 atom stereocenters. The molecule has 2 aromatic rings. The first-order valence-corrected chi connectivity index (χ1v) is 7.58. The first-order valence-electron chi connectivity index (χ1n) is 7.58. The molecule has 0 radical (unpaired) electrons. The molecular weight excluding hydrogens is 258 g/mol. The van der Waals surface area contributed by atoms with E-state index in [4.69, 9.17) is 0 Å². The SMILES string of the molecule is CN(C)CC[C@@H](c1ccccc1)[C@@H](CO)c1ccccc1. The maximum absolute atomic E-state index is 9.96. The third kappa shape index (κ3) is 4.42. The van der Waals surface area contributed by atoms with Crippen molar-refractivity contribution in [1.29, 1.82) is 0 Å². The summed E-state index contributed by atoms with van der Waals surface area (Å²) in [6.07, 6.45) is 1.04. The van der Waals surface area contributed by atoms with E-state index >= 15 is 0 Å². The standard InChI is InChI=1S/C19H25NO/c1-20(2)14-13-18(16-9-5-3-6-10-16)19(15-21)17-11-7-4-8-12-17/h3-12,18-19,21H,13-15H2,1-2H3/t18-,19-/m0/s1. The third-order valence-electron chi connectivity index (χ3n) is 4.03. The molecule has 2 nitrogen and oxygen atoms in total. The van der Waals surface area contributed by atoms with Crippen molar-refractivity contribution in [1.82, 2.24) is 4.90 Å². The maximum atomic E-state index is 9.96. The number of hydrogen-bond acceptors (Lipinski definition) is 2. The van der Waals surface area contributed by atoms with Gasteiger partial charge in [0.05, 0.1) is 6.61 Å². The van der Waals surface area contributed by atoms with Gasteiger partial charge in [-0.05, 0) is 44.1 Å². The summed E-state index contributed by atoms with van der Waals surface area (Å²) in [5, 5.41) is 9.96. The normalized spacial score (nSPS) is 14.1. The Bertz CT molecular complexity index is 510. The summed E-state index contributed by atoms with van der Waals surface area (Å²) < 4.78 is 0. The van der Waals surface area contributed by atoms with Gasteiger partial charge in [0, 0.05) is 5.92 Å². The van der Waals surface area contributed by atoms with Crippen molar-refractivity contribution < 1.29 is 5.11 Å². The van der Waals surface area contributed by atoms with Crippen LogP contribution in [-0.2, 0) is 0 Å². The van der Waals surface area contributed by atoms with Gasteiger partial charge in [-0.3, -0.25) is 0 Å². The predicted octanol–water partition coefficient (Wildman–Crippen LogP) is 3.50. The van der Waals surface area contributed by atoms with Gasteiger partial charge in [-0.2, -0.15) is 0 Å². The first-order chi connectivity index (χ1) is 10.2. The molecule has 0 unspecified atom stereocenters. The molecule has 0 aliphatic carbocycles. The van der Waals surface area contributed by atoms with Crippen LogP contribution in [0.1, 0.15) is 29.4 Å². The summed E-state index contributed by atoms with van der Waals surface area (Å²) in [5.41, 5.74) is 2.52. The summed E-state index contributed by atoms with van der Waals surface area (Å²) in [7, 11) is 4.19. The second-order valence-corrected chi connectivity index (χ2v) is 5.81. The van der Waals surface area contributed by atoms with E-state index in [-0.39, 0.29) is 12.5 Å². The van der Waals surface area contributed by atoms with Crippen LogP contribution in [0.5, 0.6) is 0 Å². The van der Waals surface area contributed by atoms with Crippen molar-refractivity contribution in [2.45, 2.75) is 18.3 Å². The fourth-order valence-corrected chi connectivity index (χ4v) is 2.86. The molecule has 0 aromatic heterocycles. The fourth-order valence-electron chi connectivity index (χ4n) is 2.86. The molecular formula is C19H25NO. The quantitative estimate of drug-likeness (QED) is 0.840. The average Bonchev–Trinajstić information content (AvgIpc) is 2.53. The number of aliphatic hydroxyl groups excluding tert-OH is 1. The fraction of sp³-hybridized carbons (Fsp3) is 0.368. The molecule has 2 heteroatoms. The van der Waals surface area contributed by atoms with Gasteiger partial charge in [-0.15, -0.1) is 0 Å². The van der Waals surface area contributed by atoms with Crippen LogP contribution < -0.4 is 0 Å². The first kappa shape index (κ1) is 15.7. The van der Waals surface area contributed by atoms with Gasteiger partial charge in [0.15, 0.2) is 0 Å². The molecule has 0 fully saturated rings. The zero-order chi connectivity index (χ0) is 15.1. The lowest BCUT2D eigenvalue weighted by molar-refractivity contribution is 0.237. The van der Waals surface area contributed by atoms with E-state index in [9.17, 15) is 5.11 Å². The molecule has 1 N–H and O–H groups in total. The molecule has 0 spiro atoms. The zero-order valence-corrected chi connectivity index (χ0v) is 12.9. The minimum absolute atomic E-state index is 0.147. The number of hydrogen-bond donors (Lipinski definition) is 1. The maximum Gasteiger partial charge on any atom is 0.0505 e. The zero-order valence-electron chi connectivity index (χ0n) is 12.9. The van der Waals surface area contributed by atoms with Gasteiger partial charge in [0.25, 0.3) is 0 Å². The topological polar surface area (TPSA) is 23.5 Å². The lowest BCUT2D eigenvalue weighted by atomic mass is 9.80. The van der Waals surface area contributed by atoms with Gasteiger partial charge in [-0.25, -0.2) is 0 Å². The Morgan fingerprint density at radius 3 is 1.71 bits per heavy atom. The number of benzene rings is 2. The second-order valence-electron chi connectivity index (χ2n) is 5.81. The van der Waals surface area contributed by atoms with Crippen molar-refractivity contribution in [3.63, 3.8) is 0 Å². The highest BCUT2D eigenvalue weighted by Crippen LogP contribution is 2.35. The summed E-state index contributed by atoms with van der Waals surface area (Å²) in [5.74, 6) is 0.481. The predicted molar refractivity (Wildman–Crippen MR) is 88.6 cm³/mol. The van der Waals surface area contributed by atoms with Gasteiger partial charge < -0.3 is 10.0 Å². The lowest BCUT2D eigenvalue weighted by Gasteiger charge is -2.28. The van der Waals surface area contributed by atoms with Gasteiger partial charge >= 0.3 is 0 Å². The van der Waals surface area contributed by atoms with Gasteiger partial charge in [-0.1, -0.05) is 60.7 Å². The van der Waals surface area contributed by atoms with Crippen LogP contribution in [-0.4, -0.2) is 37.3 Å². The Labute approximate surface area is 128 Å². The largest absolute Gasteiger partial charge is 0.396 e. The van der Waals surface area contributed by atoms with Crippen LogP contribution in [0.2, 0.25) is 0 Å². The van der Waals surface area contributed by atoms with Crippen molar-refractivity contribution in [3.8, 4) is 0 Å². The van der Waals surface area contributed by atoms with E-state index < -0.39 is 0 Å². The van der Waals surface area contributed by atoms with Crippen LogP contribution in [0.3, 0.4) is 0 Å². The van der Waals surface area contributed by atoms with Crippen molar-refractivity contribution in [2.24, 2.45) is 0 Å².